The van der Waals surface area contributed by atoms with E-state index in [0.29, 0.717) is 23.0 Å². The van der Waals surface area contributed by atoms with Crippen LogP contribution in [0.1, 0.15) is 0 Å². The second kappa shape index (κ2) is 5.99. The molecule has 0 saturated carbocycles. The number of hydrogen-bond acceptors (Lipinski definition) is 4. The van der Waals surface area contributed by atoms with E-state index in [2.05, 4.69) is 11.4 Å². The van der Waals surface area contributed by atoms with Gasteiger partial charge < -0.3 is 5.32 Å². The van der Waals surface area contributed by atoms with E-state index in [1.807, 2.05) is 60.7 Å². The van der Waals surface area contributed by atoms with Crippen molar-refractivity contribution >= 4 is 60.8 Å². The molecule has 34 heavy (non-hydrogen) atoms. The zero-order chi connectivity index (χ0) is 22.6. The molecule has 0 atom stereocenters. The van der Waals surface area contributed by atoms with Crippen molar-refractivity contribution in [2.45, 2.75) is 0 Å². The highest BCUT2D eigenvalue weighted by molar-refractivity contribution is 6.25. The van der Waals surface area contributed by atoms with E-state index < -0.39 is 0 Å². The summed E-state index contributed by atoms with van der Waals surface area (Å²) in [6, 6.07) is 23.2. The summed E-state index contributed by atoms with van der Waals surface area (Å²) < 4.78 is 3.48. The summed E-state index contributed by atoms with van der Waals surface area (Å²) >= 11 is 0. The molecule has 8 rings (SSSR count). The molecule has 0 saturated heterocycles. The summed E-state index contributed by atoms with van der Waals surface area (Å²) in [6.45, 7) is 0.600. The van der Waals surface area contributed by atoms with Crippen LogP contribution in [0.15, 0.2) is 82.4 Å². The molecule has 0 aliphatic carbocycles. The number of fused-ring (bicyclic) bond motifs is 8. The van der Waals surface area contributed by atoms with E-state index in [-0.39, 0.29) is 11.1 Å². The minimum atomic E-state index is -0.114. The maximum Gasteiger partial charge on any atom is 0.264 e. The van der Waals surface area contributed by atoms with Gasteiger partial charge in [-0.2, -0.15) is 0 Å². The standard InChI is InChI=1S/C28H16N4O2/c33-27-17-11-12-18-25-16(26-30-20-6-2-4-8-23(20)32(26)28(18)34)10-9-15(24(17)25)21-13-14-29-19-5-1-3-7-22(19)31(21)27/h1-13,29H,14H2. The second-order valence-corrected chi connectivity index (χ2v) is 8.76. The average molecular weight is 440 g/mol. The van der Waals surface area contributed by atoms with Crippen molar-refractivity contribution in [3.63, 3.8) is 0 Å². The Morgan fingerprint density at radius 2 is 1.44 bits per heavy atom. The van der Waals surface area contributed by atoms with Crippen LogP contribution >= 0.6 is 0 Å². The first-order chi connectivity index (χ1) is 16.7. The van der Waals surface area contributed by atoms with Crippen molar-refractivity contribution < 1.29 is 0 Å². The lowest BCUT2D eigenvalue weighted by Gasteiger charge is -2.16. The first-order valence-electron chi connectivity index (χ1n) is 11.2. The maximum atomic E-state index is 13.9. The van der Waals surface area contributed by atoms with E-state index in [4.69, 9.17) is 4.98 Å². The molecule has 6 nitrogen and oxygen atoms in total. The lowest BCUT2D eigenvalue weighted by atomic mass is 9.96. The van der Waals surface area contributed by atoms with Crippen molar-refractivity contribution in [2.24, 2.45) is 0 Å². The number of hydrogen-bond donors (Lipinski definition) is 1. The maximum absolute atomic E-state index is 13.9. The molecule has 1 aliphatic heterocycles. The molecule has 1 aliphatic rings. The van der Waals surface area contributed by atoms with Gasteiger partial charge in [0.05, 0.1) is 27.8 Å². The summed E-state index contributed by atoms with van der Waals surface area (Å²) in [5.74, 6) is 0. The number of pyridine rings is 2. The van der Waals surface area contributed by atoms with E-state index in [9.17, 15) is 9.59 Å². The SMILES string of the molecule is O=c1c2ccc3c(=O)n4c5ccccc5nc4c4ccc(c5n1-c1ccccc1NCC=5)c2c34. The number of anilines is 1. The number of rotatable bonds is 0. The molecule has 3 aromatic heterocycles. The molecule has 0 fully saturated rings. The quantitative estimate of drug-likeness (QED) is 0.364. The van der Waals surface area contributed by atoms with Gasteiger partial charge in [0.2, 0.25) is 0 Å². The van der Waals surface area contributed by atoms with Gasteiger partial charge in [-0.05, 0) is 48.5 Å². The van der Waals surface area contributed by atoms with E-state index in [1.165, 1.54) is 0 Å². The molecular formula is C28H16N4O2. The average Bonchev–Trinajstić information content (AvgIpc) is 3.15. The Labute approximate surface area is 191 Å². The van der Waals surface area contributed by atoms with Crippen molar-refractivity contribution in [1.29, 1.82) is 0 Å². The van der Waals surface area contributed by atoms with Gasteiger partial charge in [0.15, 0.2) is 0 Å². The van der Waals surface area contributed by atoms with Crippen LogP contribution in [0.3, 0.4) is 0 Å². The molecule has 4 aromatic carbocycles. The summed E-state index contributed by atoms with van der Waals surface area (Å²) in [5, 5.41) is 8.90. The van der Waals surface area contributed by atoms with Crippen LogP contribution in [0.5, 0.6) is 0 Å². The van der Waals surface area contributed by atoms with Gasteiger partial charge in [0, 0.05) is 38.9 Å². The first kappa shape index (κ1) is 17.8. The summed E-state index contributed by atoms with van der Waals surface area (Å²) in [7, 11) is 0. The molecule has 0 bridgehead atoms. The van der Waals surface area contributed by atoms with Crippen LogP contribution in [0.25, 0.3) is 60.8 Å². The third-order valence-corrected chi connectivity index (χ3v) is 7.08. The van der Waals surface area contributed by atoms with Crippen molar-refractivity contribution in [2.75, 3.05) is 11.9 Å². The van der Waals surface area contributed by atoms with Crippen molar-refractivity contribution in [1.82, 2.24) is 14.0 Å². The number of aromatic nitrogens is 3. The highest BCUT2D eigenvalue weighted by Gasteiger charge is 2.22. The number of imidazole rings is 1. The fraction of sp³-hybridized carbons (Fsp3) is 0.0357. The van der Waals surface area contributed by atoms with Crippen LogP contribution in [0.2, 0.25) is 0 Å². The molecule has 6 heteroatoms. The van der Waals surface area contributed by atoms with E-state index >= 15 is 0 Å². The van der Waals surface area contributed by atoms with Crippen molar-refractivity contribution in [3.05, 3.63) is 98.9 Å². The van der Waals surface area contributed by atoms with Gasteiger partial charge in [0.1, 0.15) is 5.65 Å². The Hall–Kier alpha value is -4.71. The monoisotopic (exact) mass is 440 g/mol. The molecule has 0 radical (unpaired) electrons. The van der Waals surface area contributed by atoms with Gasteiger partial charge in [-0.15, -0.1) is 0 Å². The van der Waals surface area contributed by atoms with Gasteiger partial charge in [-0.25, -0.2) is 4.98 Å². The van der Waals surface area contributed by atoms with Crippen LogP contribution in [-0.2, 0) is 0 Å². The van der Waals surface area contributed by atoms with Crippen LogP contribution in [0, 0.1) is 0 Å². The lowest BCUT2D eigenvalue weighted by Crippen LogP contribution is -2.32. The van der Waals surface area contributed by atoms with Gasteiger partial charge in [-0.1, -0.05) is 30.3 Å². The minimum Gasteiger partial charge on any atom is -0.380 e. The number of benzene rings is 4. The van der Waals surface area contributed by atoms with E-state index in [0.717, 1.165) is 49.3 Å². The van der Waals surface area contributed by atoms with E-state index in [1.54, 1.807) is 21.1 Å². The zero-order valence-corrected chi connectivity index (χ0v) is 17.9. The zero-order valence-electron chi connectivity index (χ0n) is 17.9. The summed E-state index contributed by atoms with van der Waals surface area (Å²) in [6.07, 6.45) is 2.05. The minimum absolute atomic E-state index is 0.0925. The summed E-state index contributed by atoms with van der Waals surface area (Å²) in [5.41, 5.74) is 3.73. The van der Waals surface area contributed by atoms with Crippen LogP contribution < -0.4 is 21.8 Å². The molecule has 160 valence electrons. The highest BCUT2D eigenvalue weighted by Crippen LogP contribution is 2.34. The predicted octanol–water partition coefficient (Wildman–Crippen LogP) is 3.82. The Balaban J connectivity index is 1.67. The highest BCUT2D eigenvalue weighted by atomic mass is 16.1. The Bertz CT molecular complexity index is 2170. The third-order valence-electron chi connectivity index (χ3n) is 7.08. The number of nitrogens with one attached hydrogen (secondary N) is 1. The molecule has 7 aromatic rings. The topological polar surface area (TPSA) is 68.4 Å². The molecule has 0 unspecified atom stereocenters. The molecule has 1 N–H and O–H groups in total. The van der Waals surface area contributed by atoms with Crippen LogP contribution in [0.4, 0.5) is 5.69 Å². The van der Waals surface area contributed by atoms with Crippen LogP contribution in [-0.4, -0.2) is 20.5 Å². The Morgan fingerprint density at radius 3 is 2.35 bits per heavy atom. The number of nitrogens with zero attached hydrogens (tertiary/aromatic N) is 3. The van der Waals surface area contributed by atoms with Gasteiger partial charge in [-0.3, -0.25) is 18.6 Å². The third kappa shape index (κ3) is 1.99. The van der Waals surface area contributed by atoms with Gasteiger partial charge in [0.25, 0.3) is 11.1 Å². The molecular weight excluding hydrogens is 424 g/mol. The fourth-order valence-corrected chi connectivity index (χ4v) is 5.65. The Morgan fingerprint density at radius 1 is 0.735 bits per heavy atom. The Kier molecular flexibility index (Phi) is 3.14. The normalized spacial score (nSPS) is 13.3. The molecule has 0 amide bonds. The first-order valence-corrected chi connectivity index (χ1v) is 11.2. The fourth-order valence-electron chi connectivity index (χ4n) is 5.65. The number of para-hydroxylation sites is 4. The summed E-state index contributed by atoms with van der Waals surface area (Å²) in [4.78, 5) is 32.4. The van der Waals surface area contributed by atoms with Gasteiger partial charge >= 0.3 is 0 Å². The smallest absolute Gasteiger partial charge is 0.264 e. The molecule has 0 spiro atoms. The largest absolute Gasteiger partial charge is 0.380 e. The predicted molar refractivity (Wildman–Crippen MR) is 136 cm³/mol. The lowest BCUT2D eigenvalue weighted by molar-refractivity contribution is 0.983. The molecule has 4 heterocycles. The van der Waals surface area contributed by atoms with Crippen molar-refractivity contribution in [3.8, 4) is 5.69 Å². The second-order valence-electron chi connectivity index (χ2n) is 8.76.